The first-order chi connectivity index (χ1) is 48.6. The minimum Gasteiger partial charge on any atom is -0.493 e. The summed E-state index contributed by atoms with van der Waals surface area (Å²) in [5.74, 6) is -1.73. The van der Waals surface area contributed by atoms with Crippen LogP contribution in [-0.4, -0.2) is 114 Å². The van der Waals surface area contributed by atoms with Crippen LogP contribution < -0.4 is 18.9 Å². The van der Waals surface area contributed by atoms with Crippen LogP contribution in [-0.2, 0) is 118 Å². The molecule has 1 aliphatic rings. The van der Waals surface area contributed by atoms with E-state index in [9.17, 15) is 33.6 Å². The summed E-state index contributed by atoms with van der Waals surface area (Å²) in [6.07, 6.45) is 22.8. The Morgan fingerprint density at radius 3 is 0.720 bits per heavy atom. The average molecular weight is 1390 g/mol. The van der Waals surface area contributed by atoms with Crippen molar-refractivity contribution in [2.24, 2.45) is 0 Å². The summed E-state index contributed by atoms with van der Waals surface area (Å²) >= 11 is 0. The smallest absolute Gasteiger partial charge is 0.330 e. The van der Waals surface area contributed by atoms with E-state index in [4.69, 9.17) is 52.1 Å². The molecule has 18 nitrogen and oxygen atoms in total. The molecule has 5 rings (SSSR count). The summed E-state index contributed by atoms with van der Waals surface area (Å²) in [7, 11) is 0. The van der Waals surface area contributed by atoms with Crippen molar-refractivity contribution >= 4 is 41.8 Å². The zero-order chi connectivity index (χ0) is 72.1. The first kappa shape index (κ1) is 82.8. The Balaban J connectivity index is 1.88. The summed E-state index contributed by atoms with van der Waals surface area (Å²) < 4.78 is 65.8. The summed E-state index contributed by atoms with van der Waals surface area (Å²) in [5.41, 5.74) is 12.2. The summed E-state index contributed by atoms with van der Waals surface area (Å²) in [6.45, 7) is 18.9. The van der Waals surface area contributed by atoms with Crippen molar-refractivity contribution in [1.29, 1.82) is 0 Å². The van der Waals surface area contributed by atoms with Crippen molar-refractivity contribution in [3.8, 4) is 23.0 Å². The van der Waals surface area contributed by atoms with Gasteiger partial charge in [-0.05, 0) is 139 Å². The Morgan fingerprint density at radius 2 is 0.510 bits per heavy atom. The lowest BCUT2D eigenvalue weighted by atomic mass is 9.87. The SMILES string of the molecule is C=CC(=O)OCCCOc1c2cc(CCCCCC)cc1Cc1cc(CCCCCC)cc(c1OCCCOC(=O)CC(=O)OCC)Cc1cc(CCCCCC)cc(c1OCCCOC(=O)CC(=O)OCC)Cc1cc(CCCCCC)cc(c1OCCCOC(=O)CC(=O)OCC)C2. The standard InChI is InChI=1S/C82H116O18/c1-9-17-21-25-33-60-45-64-53-66-47-61(34-26-22-18-10-2)49-68(80(66)98-42-30-38-94-76(87)57-73(84)90-14-6)55-70-51-63(36-28-24-20-12-4)52-71(82(70)100-44-32-40-96-78(89)59-75(86)92-16-8)56-69-50-62(35-27-23-19-11-3)48-67(54-65(46-60)79(64)97-41-29-37-93-72(83)13-5)81(69)99-43-31-39-95-77(88)58-74(85)91-15-7/h13,45-52H,5,9-12,14-44,53-59H2,1-4,6-8H3. The van der Waals surface area contributed by atoms with E-state index < -0.39 is 61.0 Å². The van der Waals surface area contributed by atoms with Crippen molar-refractivity contribution in [2.45, 2.75) is 248 Å². The van der Waals surface area contributed by atoms with Crippen LogP contribution in [0.25, 0.3) is 0 Å². The van der Waals surface area contributed by atoms with Crippen molar-refractivity contribution in [3.63, 3.8) is 0 Å². The fraction of sp³-hybridized carbons (Fsp3) is 0.598. The van der Waals surface area contributed by atoms with Gasteiger partial charge in [0, 0.05) is 57.4 Å². The van der Waals surface area contributed by atoms with Gasteiger partial charge in [-0.1, -0.05) is 160 Å². The number of ether oxygens (including phenoxy) is 11. The number of aryl methyl sites for hydroxylation is 4. The number of hydrogen-bond acceptors (Lipinski definition) is 18. The molecule has 100 heavy (non-hydrogen) atoms. The number of benzene rings is 4. The van der Waals surface area contributed by atoms with E-state index in [-0.39, 0.29) is 72.7 Å². The molecule has 0 fully saturated rings. The second-order valence-electron chi connectivity index (χ2n) is 25.7. The highest BCUT2D eigenvalue weighted by atomic mass is 16.6. The average Bonchev–Trinajstić information content (AvgIpc) is 0.777. The maximum atomic E-state index is 12.9. The molecule has 8 bridgehead atoms. The fourth-order valence-corrected chi connectivity index (χ4v) is 12.4. The quantitative estimate of drug-likeness (QED) is 0.0116. The molecule has 0 heterocycles. The third-order valence-corrected chi connectivity index (χ3v) is 17.1. The summed E-state index contributed by atoms with van der Waals surface area (Å²) in [6, 6.07) is 18.2. The molecule has 0 saturated carbocycles. The molecular weight excluding hydrogens is 1270 g/mol. The highest BCUT2D eigenvalue weighted by Gasteiger charge is 2.26. The molecule has 0 aliphatic heterocycles. The molecule has 0 atom stereocenters. The minimum absolute atomic E-state index is 0.00656. The predicted molar refractivity (Wildman–Crippen MR) is 387 cm³/mol. The van der Waals surface area contributed by atoms with Crippen LogP contribution in [0.4, 0.5) is 0 Å². The Morgan fingerprint density at radius 1 is 0.290 bits per heavy atom. The number of fused-ring (bicyclic) bond motifs is 8. The first-order valence-electron chi connectivity index (χ1n) is 37.5. The van der Waals surface area contributed by atoms with Gasteiger partial charge in [0.1, 0.15) is 42.3 Å². The molecule has 0 aromatic heterocycles. The maximum absolute atomic E-state index is 12.9. The van der Waals surface area contributed by atoms with Gasteiger partial charge in [-0.3, -0.25) is 28.8 Å². The monoisotopic (exact) mass is 1390 g/mol. The van der Waals surface area contributed by atoms with Crippen LogP contribution in [0, 0.1) is 0 Å². The second kappa shape index (κ2) is 48.8. The molecule has 0 radical (unpaired) electrons. The molecule has 4 aromatic carbocycles. The molecule has 0 spiro atoms. The van der Waals surface area contributed by atoms with Crippen LogP contribution in [0.5, 0.6) is 23.0 Å². The molecule has 0 amide bonds. The van der Waals surface area contributed by atoms with E-state index in [1.54, 1.807) is 20.8 Å². The van der Waals surface area contributed by atoms with Gasteiger partial charge in [-0.2, -0.15) is 0 Å². The van der Waals surface area contributed by atoms with Gasteiger partial charge in [-0.25, -0.2) is 4.79 Å². The molecule has 0 unspecified atom stereocenters. The van der Waals surface area contributed by atoms with E-state index >= 15 is 0 Å². The Hall–Kier alpha value is -7.89. The largest absolute Gasteiger partial charge is 0.493 e. The van der Waals surface area contributed by atoms with Crippen molar-refractivity contribution in [1.82, 2.24) is 0 Å². The maximum Gasteiger partial charge on any atom is 0.330 e. The Labute approximate surface area is 595 Å². The molecule has 0 saturated heterocycles. The summed E-state index contributed by atoms with van der Waals surface area (Å²) in [5, 5.41) is 0. The predicted octanol–water partition coefficient (Wildman–Crippen LogP) is 16.1. The van der Waals surface area contributed by atoms with Crippen molar-refractivity contribution < 1.29 is 85.7 Å². The zero-order valence-electron chi connectivity index (χ0n) is 61.5. The lowest BCUT2D eigenvalue weighted by Crippen LogP contribution is -2.16. The van der Waals surface area contributed by atoms with E-state index in [1.165, 1.54) is 0 Å². The fourth-order valence-electron chi connectivity index (χ4n) is 12.4. The van der Waals surface area contributed by atoms with Gasteiger partial charge >= 0.3 is 41.8 Å². The van der Waals surface area contributed by atoms with Crippen molar-refractivity contribution in [3.05, 3.63) is 128 Å². The highest BCUT2D eigenvalue weighted by Crippen LogP contribution is 2.42. The summed E-state index contributed by atoms with van der Waals surface area (Å²) in [4.78, 5) is 87.6. The van der Waals surface area contributed by atoms with E-state index in [0.29, 0.717) is 74.4 Å². The third-order valence-electron chi connectivity index (χ3n) is 17.1. The van der Waals surface area contributed by atoms with Crippen LogP contribution in [0.3, 0.4) is 0 Å². The van der Waals surface area contributed by atoms with Crippen LogP contribution >= 0.6 is 0 Å². The number of carbonyl (C=O) groups excluding carboxylic acids is 7. The lowest BCUT2D eigenvalue weighted by Gasteiger charge is -2.25. The second-order valence-corrected chi connectivity index (χ2v) is 25.7. The third kappa shape index (κ3) is 31.3. The highest BCUT2D eigenvalue weighted by molar-refractivity contribution is 5.92. The van der Waals surface area contributed by atoms with Gasteiger partial charge < -0.3 is 52.1 Å². The zero-order valence-corrected chi connectivity index (χ0v) is 61.5. The number of carbonyl (C=O) groups is 7. The Kier molecular flexibility index (Phi) is 40.4. The number of esters is 7. The van der Waals surface area contributed by atoms with Gasteiger partial charge in [0.25, 0.3) is 0 Å². The molecule has 18 heteroatoms. The van der Waals surface area contributed by atoms with Gasteiger partial charge in [0.05, 0.1) is 72.7 Å². The molecule has 1 aliphatic carbocycles. The lowest BCUT2D eigenvalue weighted by molar-refractivity contribution is -0.156. The molecule has 4 aromatic rings. The number of hydrogen-bond donors (Lipinski definition) is 0. The van der Waals surface area contributed by atoms with Crippen LogP contribution in [0.15, 0.2) is 61.2 Å². The van der Waals surface area contributed by atoms with E-state index in [0.717, 1.165) is 201 Å². The molecule has 0 N–H and O–H groups in total. The number of unbranched alkanes of at least 4 members (excludes halogenated alkanes) is 12. The minimum atomic E-state index is -0.680. The molecular formula is C82H116O18. The first-order valence-corrected chi connectivity index (χ1v) is 37.5. The molecule has 552 valence electrons. The van der Waals surface area contributed by atoms with Gasteiger partial charge in [-0.15, -0.1) is 0 Å². The normalized spacial score (nSPS) is 11.6. The van der Waals surface area contributed by atoms with E-state index in [2.05, 4.69) is 82.8 Å². The number of rotatable bonds is 50. The topological polar surface area (TPSA) is 221 Å². The van der Waals surface area contributed by atoms with Gasteiger partial charge in [0.15, 0.2) is 0 Å². The van der Waals surface area contributed by atoms with Crippen LogP contribution in [0.2, 0.25) is 0 Å². The van der Waals surface area contributed by atoms with Gasteiger partial charge in [0.2, 0.25) is 0 Å². The van der Waals surface area contributed by atoms with E-state index in [1.807, 2.05) is 0 Å². The Bertz CT molecular complexity index is 3030. The van der Waals surface area contributed by atoms with Crippen LogP contribution in [0.1, 0.15) is 263 Å². The van der Waals surface area contributed by atoms with Crippen molar-refractivity contribution in [2.75, 3.05) is 72.7 Å².